The number of carbonyl (C=O) groups is 1. The van der Waals surface area contributed by atoms with Gasteiger partial charge in [-0.15, -0.1) is 0 Å². The van der Waals surface area contributed by atoms with Gasteiger partial charge in [-0.05, 0) is 60.7 Å². The van der Waals surface area contributed by atoms with E-state index in [-0.39, 0.29) is 22.8 Å². The monoisotopic (exact) mass is 501 g/mol. The number of amides is 1. The predicted octanol–water partition coefficient (Wildman–Crippen LogP) is 5.81. The number of carbonyl (C=O) groups excluding carboxylic acids is 1. The summed E-state index contributed by atoms with van der Waals surface area (Å²) in [5.41, 5.74) is 0.0450. The summed E-state index contributed by atoms with van der Waals surface area (Å²) in [6.45, 7) is -0.204. The molecular weight excluding hydrogens is 482 g/mol. The van der Waals surface area contributed by atoms with E-state index in [2.05, 4.69) is 15.7 Å². The second-order valence-electron chi connectivity index (χ2n) is 7.48. The van der Waals surface area contributed by atoms with Crippen LogP contribution in [0.2, 0.25) is 0 Å². The second-order valence-corrected chi connectivity index (χ2v) is 7.84. The molecule has 35 heavy (non-hydrogen) atoms. The first kappa shape index (κ1) is 24.1. The molecule has 0 radical (unpaired) electrons. The van der Waals surface area contributed by atoms with Crippen LogP contribution in [0.3, 0.4) is 0 Å². The zero-order valence-corrected chi connectivity index (χ0v) is 18.9. The van der Waals surface area contributed by atoms with Crippen LogP contribution in [-0.2, 0) is 24.1 Å². The largest absolute Gasteiger partial charge is 0.418 e. The Kier molecular flexibility index (Phi) is 6.97. The number of rotatable bonds is 7. The molecule has 0 unspecified atom stereocenters. The summed E-state index contributed by atoms with van der Waals surface area (Å²) in [6, 6.07) is 19.6. The van der Waals surface area contributed by atoms with E-state index in [1.807, 2.05) is 30.3 Å². The summed E-state index contributed by atoms with van der Waals surface area (Å²) in [7, 11) is 0. The van der Waals surface area contributed by atoms with Crippen LogP contribution < -0.4 is 10.6 Å². The van der Waals surface area contributed by atoms with Crippen molar-refractivity contribution in [1.82, 2.24) is 14.3 Å². The van der Waals surface area contributed by atoms with Gasteiger partial charge in [0.05, 0.1) is 17.8 Å². The third-order valence-corrected chi connectivity index (χ3v) is 5.41. The van der Waals surface area contributed by atoms with E-state index in [4.69, 9.17) is 12.2 Å². The Morgan fingerprint density at radius 2 is 1.60 bits per heavy atom. The molecule has 3 aromatic carbocycles. The normalized spacial score (nSPS) is 11.3. The fourth-order valence-corrected chi connectivity index (χ4v) is 3.74. The van der Waals surface area contributed by atoms with Crippen molar-refractivity contribution in [3.63, 3.8) is 0 Å². The number of aromatic nitrogens is 3. The van der Waals surface area contributed by atoms with Crippen molar-refractivity contribution < 1.29 is 22.4 Å². The SMILES string of the molecule is O=C(Cn1nc(CNc2ccc(F)cc2)n(-c2ccccc2)c1=S)Nc1ccccc1C(F)(F)F. The summed E-state index contributed by atoms with van der Waals surface area (Å²) >= 11 is 5.54. The number of nitrogens with zero attached hydrogens (tertiary/aromatic N) is 3. The van der Waals surface area contributed by atoms with Gasteiger partial charge in [0.25, 0.3) is 0 Å². The standard InChI is InChI=1S/C24H19F4N5OS/c25-16-10-12-17(13-11-16)29-14-21-31-32(23(35)33(21)18-6-2-1-3-7-18)15-22(34)30-20-9-5-4-8-19(20)24(26,27)28/h1-13,29H,14-15H2,(H,30,34). The number of hydrogen-bond acceptors (Lipinski definition) is 4. The maximum Gasteiger partial charge on any atom is 0.418 e. The molecule has 1 heterocycles. The first-order valence-corrected chi connectivity index (χ1v) is 10.8. The lowest BCUT2D eigenvalue weighted by atomic mass is 10.1. The molecule has 2 N–H and O–H groups in total. The Balaban J connectivity index is 1.60. The van der Waals surface area contributed by atoms with Crippen molar-refractivity contribution in [2.75, 3.05) is 10.6 Å². The highest BCUT2D eigenvalue weighted by molar-refractivity contribution is 7.71. The molecule has 4 rings (SSSR count). The molecule has 0 spiro atoms. The maximum absolute atomic E-state index is 13.3. The predicted molar refractivity (Wildman–Crippen MR) is 126 cm³/mol. The van der Waals surface area contributed by atoms with Gasteiger partial charge in [-0.1, -0.05) is 30.3 Å². The minimum Gasteiger partial charge on any atom is -0.378 e. The summed E-state index contributed by atoms with van der Waals surface area (Å²) in [6.07, 6.45) is -4.62. The van der Waals surface area contributed by atoms with Gasteiger partial charge >= 0.3 is 6.18 Å². The number of benzene rings is 3. The van der Waals surface area contributed by atoms with Crippen molar-refractivity contribution in [2.45, 2.75) is 19.3 Å². The number of nitrogens with one attached hydrogen (secondary N) is 2. The van der Waals surface area contributed by atoms with Crippen LogP contribution in [0.25, 0.3) is 5.69 Å². The first-order valence-electron chi connectivity index (χ1n) is 10.4. The van der Waals surface area contributed by atoms with E-state index in [1.165, 1.54) is 35.0 Å². The average Bonchev–Trinajstić information content (AvgIpc) is 3.13. The van der Waals surface area contributed by atoms with Gasteiger partial charge in [0.15, 0.2) is 5.82 Å². The first-order chi connectivity index (χ1) is 16.7. The molecule has 1 amide bonds. The van der Waals surface area contributed by atoms with Crippen LogP contribution in [0.5, 0.6) is 0 Å². The van der Waals surface area contributed by atoms with Crippen LogP contribution in [-0.4, -0.2) is 20.3 Å². The number of para-hydroxylation sites is 2. The van der Waals surface area contributed by atoms with Gasteiger partial charge in [0.1, 0.15) is 12.4 Å². The number of halogens is 4. The average molecular weight is 502 g/mol. The molecule has 0 saturated heterocycles. The topological polar surface area (TPSA) is 63.9 Å². The Morgan fingerprint density at radius 1 is 0.943 bits per heavy atom. The molecule has 4 aromatic rings. The summed E-state index contributed by atoms with van der Waals surface area (Å²) < 4.78 is 56.1. The lowest BCUT2D eigenvalue weighted by Gasteiger charge is -2.13. The van der Waals surface area contributed by atoms with Crippen molar-refractivity contribution in [3.8, 4) is 5.69 Å². The van der Waals surface area contributed by atoms with E-state index in [0.29, 0.717) is 17.2 Å². The molecule has 0 bridgehead atoms. The quantitative estimate of drug-likeness (QED) is 0.248. The van der Waals surface area contributed by atoms with Crippen molar-refractivity contribution in [2.24, 2.45) is 0 Å². The third-order valence-electron chi connectivity index (χ3n) is 5.02. The zero-order chi connectivity index (χ0) is 25.0. The van der Waals surface area contributed by atoms with Crippen LogP contribution >= 0.6 is 12.2 Å². The van der Waals surface area contributed by atoms with E-state index in [9.17, 15) is 22.4 Å². The molecule has 1 aromatic heterocycles. The Bertz CT molecular complexity index is 1380. The fourth-order valence-electron chi connectivity index (χ4n) is 3.42. The van der Waals surface area contributed by atoms with Crippen LogP contribution in [0.15, 0.2) is 78.9 Å². The summed E-state index contributed by atoms with van der Waals surface area (Å²) in [5, 5.41) is 9.85. The Labute approximate surface area is 202 Å². The van der Waals surface area contributed by atoms with Crippen molar-refractivity contribution in [1.29, 1.82) is 0 Å². The van der Waals surface area contributed by atoms with E-state index in [0.717, 1.165) is 6.07 Å². The molecule has 0 saturated carbocycles. The highest BCUT2D eigenvalue weighted by Crippen LogP contribution is 2.34. The van der Waals surface area contributed by atoms with Crippen molar-refractivity contribution in [3.05, 3.63) is 101 Å². The highest BCUT2D eigenvalue weighted by Gasteiger charge is 2.33. The van der Waals surface area contributed by atoms with E-state index < -0.39 is 24.2 Å². The molecule has 0 atom stereocenters. The molecule has 0 aliphatic carbocycles. The second kappa shape index (κ2) is 10.1. The molecule has 0 fully saturated rings. The zero-order valence-electron chi connectivity index (χ0n) is 18.1. The maximum atomic E-state index is 13.3. The van der Waals surface area contributed by atoms with Crippen LogP contribution in [0, 0.1) is 10.6 Å². The lowest BCUT2D eigenvalue weighted by Crippen LogP contribution is -2.22. The smallest absolute Gasteiger partial charge is 0.378 e. The van der Waals surface area contributed by atoms with E-state index >= 15 is 0 Å². The summed E-state index contributed by atoms with van der Waals surface area (Å²) in [4.78, 5) is 12.6. The van der Waals surface area contributed by atoms with Crippen LogP contribution in [0.1, 0.15) is 11.4 Å². The number of alkyl halides is 3. The lowest BCUT2D eigenvalue weighted by molar-refractivity contribution is -0.137. The highest BCUT2D eigenvalue weighted by atomic mass is 32.1. The van der Waals surface area contributed by atoms with Gasteiger partial charge in [-0.3, -0.25) is 9.36 Å². The minimum atomic E-state index is -4.62. The number of anilines is 2. The molecule has 180 valence electrons. The molecule has 0 aliphatic rings. The Hall–Kier alpha value is -3.99. The molecule has 11 heteroatoms. The minimum absolute atomic E-state index is 0.186. The Morgan fingerprint density at radius 3 is 2.29 bits per heavy atom. The molecule has 6 nitrogen and oxygen atoms in total. The van der Waals surface area contributed by atoms with Crippen molar-refractivity contribution >= 4 is 29.5 Å². The summed E-state index contributed by atoms with van der Waals surface area (Å²) in [5.74, 6) is -0.632. The van der Waals surface area contributed by atoms with Gasteiger partial charge in [0.2, 0.25) is 10.7 Å². The van der Waals surface area contributed by atoms with Gasteiger partial charge in [0, 0.05) is 11.4 Å². The molecular formula is C24H19F4N5OS. The molecule has 0 aliphatic heterocycles. The van der Waals surface area contributed by atoms with E-state index in [1.54, 1.807) is 16.7 Å². The third kappa shape index (κ3) is 5.75. The van der Waals surface area contributed by atoms with Crippen LogP contribution in [0.4, 0.5) is 28.9 Å². The van der Waals surface area contributed by atoms with Gasteiger partial charge < -0.3 is 10.6 Å². The van der Waals surface area contributed by atoms with Gasteiger partial charge in [-0.25, -0.2) is 9.07 Å². The fraction of sp³-hybridized carbons (Fsp3) is 0.125. The van der Waals surface area contributed by atoms with Gasteiger partial charge in [-0.2, -0.15) is 18.3 Å². The number of hydrogen-bond donors (Lipinski definition) is 2.